The first-order chi connectivity index (χ1) is 6.59. The van der Waals surface area contributed by atoms with E-state index in [4.69, 9.17) is 9.47 Å². The van der Waals surface area contributed by atoms with Gasteiger partial charge in [-0.3, -0.25) is 9.59 Å². The Morgan fingerprint density at radius 2 is 2.21 bits per heavy atom. The van der Waals surface area contributed by atoms with Gasteiger partial charge in [0.1, 0.15) is 6.10 Å². The van der Waals surface area contributed by atoms with Crippen LogP contribution < -0.4 is 0 Å². The molecule has 0 N–H and O–H groups in total. The zero-order valence-electron chi connectivity index (χ0n) is 8.62. The molecule has 1 aliphatic heterocycles. The number of esters is 2. The summed E-state index contributed by atoms with van der Waals surface area (Å²) >= 11 is 0. The predicted molar refractivity (Wildman–Crippen MR) is 49.5 cm³/mol. The summed E-state index contributed by atoms with van der Waals surface area (Å²) in [5, 5.41) is 0. The van der Waals surface area contributed by atoms with Gasteiger partial charge < -0.3 is 9.47 Å². The molecule has 4 heteroatoms. The van der Waals surface area contributed by atoms with Crippen LogP contribution in [0.15, 0.2) is 0 Å². The van der Waals surface area contributed by atoms with E-state index in [2.05, 4.69) is 0 Å². The van der Waals surface area contributed by atoms with E-state index in [1.165, 1.54) is 0 Å². The Labute approximate surface area is 83.6 Å². The van der Waals surface area contributed by atoms with Crippen molar-refractivity contribution in [3.63, 3.8) is 0 Å². The first-order valence-corrected chi connectivity index (χ1v) is 4.95. The SMILES string of the molecule is CC(C)C(=O)OC1CCOC(=O)CC1. The quantitative estimate of drug-likeness (QED) is 0.630. The number of ether oxygens (including phenoxy) is 2. The zero-order valence-corrected chi connectivity index (χ0v) is 8.62. The second-order valence-electron chi connectivity index (χ2n) is 3.76. The molecule has 80 valence electrons. The Morgan fingerprint density at radius 1 is 1.50 bits per heavy atom. The maximum atomic E-state index is 11.3. The van der Waals surface area contributed by atoms with Crippen LogP contribution in [-0.2, 0) is 19.1 Å². The van der Waals surface area contributed by atoms with Gasteiger partial charge in [0.25, 0.3) is 0 Å². The van der Waals surface area contributed by atoms with E-state index in [1.54, 1.807) is 13.8 Å². The minimum Gasteiger partial charge on any atom is -0.466 e. The van der Waals surface area contributed by atoms with Gasteiger partial charge in [-0.15, -0.1) is 0 Å². The first-order valence-electron chi connectivity index (χ1n) is 4.95. The largest absolute Gasteiger partial charge is 0.466 e. The molecule has 0 bridgehead atoms. The molecule has 0 aromatic carbocycles. The molecule has 1 fully saturated rings. The van der Waals surface area contributed by atoms with Crippen molar-refractivity contribution in [1.29, 1.82) is 0 Å². The highest BCUT2D eigenvalue weighted by Gasteiger charge is 2.21. The van der Waals surface area contributed by atoms with Crippen LogP contribution in [0.3, 0.4) is 0 Å². The van der Waals surface area contributed by atoms with Crippen LogP contribution >= 0.6 is 0 Å². The minimum atomic E-state index is -0.204. The monoisotopic (exact) mass is 200 g/mol. The number of hydrogen-bond donors (Lipinski definition) is 0. The fourth-order valence-electron chi connectivity index (χ4n) is 1.22. The Morgan fingerprint density at radius 3 is 2.86 bits per heavy atom. The highest BCUT2D eigenvalue weighted by molar-refractivity contribution is 5.72. The van der Waals surface area contributed by atoms with Crippen molar-refractivity contribution >= 4 is 11.9 Å². The summed E-state index contributed by atoms with van der Waals surface area (Å²) in [4.78, 5) is 22.1. The average molecular weight is 200 g/mol. The molecule has 14 heavy (non-hydrogen) atoms. The number of carbonyl (C=O) groups is 2. The van der Waals surface area contributed by atoms with Crippen molar-refractivity contribution < 1.29 is 19.1 Å². The van der Waals surface area contributed by atoms with Crippen LogP contribution in [0.2, 0.25) is 0 Å². The van der Waals surface area contributed by atoms with Gasteiger partial charge in [0, 0.05) is 12.8 Å². The third kappa shape index (κ3) is 3.36. The summed E-state index contributed by atoms with van der Waals surface area (Å²) in [5.74, 6) is -0.521. The Kier molecular flexibility index (Phi) is 3.92. The van der Waals surface area contributed by atoms with Crippen LogP contribution in [0, 0.1) is 5.92 Å². The third-order valence-corrected chi connectivity index (χ3v) is 2.13. The van der Waals surface area contributed by atoms with Crippen LogP contribution in [0.4, 0.5) is 0 Å². The Balaban J connectivity index is 2.37. The Hall–Kier alpha value is -1.06. The van der Waals surface area contributed by atoms with Crippen molar-refractivity contribution in [3.8, 4) is 0 Å². The third-order valence-electron chi connectivity index (χ3n) is 2.13. The lowest BCUT2D eigenvalue weighted by Gasteiger charge is -2.15. The molecule has 1 heterocycles. The van der Waals surface area contributed by atoms with Crippen LogP contribution in [-0.4, -0.2) is 24.6 Å². The van der Waals surface area contributed by atoms with E-state index < -0.39 is 0 Å². The molecule has 1 saturated heterocycles. The van der Waals surface area contributed by atoms with Gasteiger partial charge >= 0.3 is 11.9 Å². The molecule has 0 amide bonds. The van der Waals surface area contributed by atoms with Gasteiger partial charge in [0.2, 0.25) is 0 Å². The molecule has 0 aromatic heterocycles. The molecular formula is C10H16O4. The average Bonchev–Trinajstić information content (AvgIpc) is 2.31. The second-order valence-corrected chi connectivity index (χ2v) is 3.76. The van der Waals surface area contributed by atoms with Gasteiger partial charge in [-0.2, -0.15) is 0 Å². The molecule has 1 unspecified atom stereocenters. The molecule has 0 saturated carbocycles. The minimum absolute atomic E-state index is 0.116. The lowest BCUT2D eigenvalue weighted by Crippen LogP contribution is -2.21. The lowest BCUT2D eigenvalue weighted by atomic mass is 10.1. The normalized spacial score (nSPS) is 22.8. The van der Waals surface area contributed by atoms with E-state index >= 15 is 0 Å². The van der Waals surface area contributed by atoms with Crippen LogP contribution in [0.25, 0.3) is 0 Å². The fraction of sp³-hybridized carbons (Fsp3) is 0.800. The number of carbonyl (C=O) groups excluding carboxylic acids is 2. The number of rotatable bonds is 2. The molecule has 0 radical (unpaired) electrons. The molecular weight excluding hydrogens is 184 g/mol. The van der Waals surface area contributed by atoms with Crippen molar-refractivity contribution in [1.82, 2.24) is 0 Å². The van der Waals surface area contributed by atoms with Crippen molar-refractivity contribution in [2.75, 3.05) is 6.61 Å². The molecule has 0 aromatic rings. The highest BCUT2D eigenvalue weighted by atomic mass is 16.6. The second kappa shape index (κ2) is 4.98. The molecule has 4 nitrogen and oxygen atoms in total. The van der Waals surface area contributed by atoms with E-state index in [1.807, 2.05) is 0 Å². The summed E-state index contributed by atoms with van der Waals surface area (Å²) < 4.78 is 10.1. The summed E-state index contributed by atoms with van der Waals surface area (Å²) in [7, 11) is 0. The first kappa shape index (κ1) is 11.0. The van der Waals surface area contributed by atoms with Gasteiger partial charge in [-0.1, -0.05) is 13.8 Å². The van der Waals surface area contributed by atoms with E-state index in [0.717, 1.165) is 0 Å². The predicted octanol–water partition coefficient (Wildman–Crippen LogP) is 1.28. The maximum Gasteiger partial charge on any atom is 0.308 e. The number of cyclic esters (lactones) is 1. The molecule has 0 aliphatic carbocycles. The summed E-state index contributed by atoms with van der Waals surface area (Å²) in [6, 6.07) is 0. The van der Waals surface area contributed by atoms with Gasteiger partial charge in [0.05, 0.1) is 12.5 Å². The van der Waals surface area contributed by atoms with Crippen molar-refractivity contribution in [2.45, 2.75) is 39.2 Å². The van der Waals surface area contributed by atoms with Crippen LogP contribution in [0.1, 0.15) is 33.1 Å². The standard InChI is InChI=1S/C10H16O4/c1-7(2)10(12)14-8-3-4-9(11)13-6-5-8/h7-8H,3-6H2,1-2H3. The Bertz CT molecular complexity index is 222. The fourth-order valence-corrected chi connectivity index (χ4v) is 1.22. The molecule has 1 atom stereocenters. The van der Waals surface area contributed by atoms with Gasteiger partial charge in [-0.05, 0) is 6.42 Å². The number of hydrogen-bond acceptors (Lipinski definition) is 4. The summed E-state index contributed by atoms with van der Waals surface area (Å²) in [5.41, 5.74) is 0. The van der Waals surface area contributed by atoms with Gasteiger partial charge in [0.15, 0.2) is 0 Å². The zero-order chi connectivity index (χ0) is 10.6. The summed E-state index contributed by atoms with van der Waals surface area (Å²) in [6.07, 6.45) is 1.38. The van der Waals surface area contributed by atoms with E-state index in [0.29, 0.717) is 25.9 Å². The van der Waals surface area contributed by atoms with E-state index in [-0.39, 0.29) is 24.0 Å². The topological polar surface area (TPSA) is 52.6 Å². The molecule has 1 aliphatic rings. The van der Waals surface area contributed by atoms with Crippen molar-refractivity contribution in [2.24, 2.45) is 5.92 Å². The van der Waals surface area contributed by atoms with Crippen molar-refractivity contribution in [3.05, 3.63) is 0 Å². The summed E-state index contributed by atoms with van der Waals surface area (Å²) in [6.45, 7) is 3.94. The van der Waals surface area contributed by atoms with Gasteiger partial charge in [-0.25, -0.2) is 0 Å². The highest BCUT2D eigenvalue weighted by Crippen LogP contribution is 2.14. The lowest BCUT2D eigenvalue weighted by molar-refractivity contribution is -0.153. The smallest absolute Gasteiger partial charge is 0.308 e. The van der Waals surface area contributed by atoms with E-state index in [9.17, 15) is 9.59 Å². The maximum absolute atomic E-state index is 11.3. The van der Waals surface area contributed by atoms with Crippen LogP contribution in [0.5, 0.6) is 0 Å². The molecule has 1 rings (SSSR count). The molecule has 0 spiro atoms.